The molecule has 6 rings (SSSR count). The highest BCUT2D eigenvalue weighted by Crippen LogP contribution is 2.35. The first kappa shape index (κ1) is 21.5. The van der Waals surface area contributed by atoms with Gasteiger partial charge in [0.2, 0.25) is 0 Å². The molecule has 5 aromatic rings. The molecular formula is C25H25FN8O. The van der Waals surface area contributed by atoms with E-state index in [1.165, 1.54) is 10.6 Å². The zero-order valence-corrected chi connectivity index (χ0v) is 19.5. The van der Waals surface area contributed by atoms with Gasteiger partial charge in [-0.15, -0.1) is 0 Å². The fourth-order valence-electron chi connectivity index (χ4n) is 4.78. The molecule has 6 heterocycles. The van der Waals surface area contributed by atoms with Crippen LogP contribution in [-0.2, 0) is 12.8 Å². The van der Waals surface area contributed by atoms with Crippen LogP contribution in [0.2, 0.25) is 0 Å². The number of hydrogen-bond donors (Lipinski definition) is 1. The highest BCUT2D eigenvalue weighted by atomic mass is 19.1. The number of imidazole rings is 1. The number of fused-ring (bicyclic) bond motifs is 3. The van der Waals surface area contributed by atoms with E-state index in [0.29, 0.717) is 29.7 Å². The van der Waals surface area contributed by atoms with E-state index in [1.807, 2.05) is 32.4 Å². The molecule has 178 valence electrons. The maximum Gasteiger partial charge on any atom is 0.258 e. The Morgan fingerprint density at radius 1 is 1.23 bits per heavy atom. The molecule has 1 atom stereocenters. The standard InChI is InChI=1S/C25H25FN8O/c1-31(2)10-7-16-5-6-21-17(13-29-34(21)14-16)25(35)32-11-8-19-23(28-15-27-19)24(32)20-12-22-18(26)4-3-9-33(22)30-20/h3-6,9,12-15,24H,7-8,10-11H2,1-2H3,(H,27,28). The zero-order valence-electron chi connectivity index (χ0n) is 19.5. The minimum Gasteiger partial charge on any atom is -0.348 e. The van der Waals surface area contributed by atoms with Crippen molar-refractivity contribution in [2.75, 3.05) is 27.2 Å². The minimum atomic E-state index is -0.536. The first-order chi connectivity index (χ1) is 17.0. The van der Waals surface area contributed by atoms with Crippen LogP contribution in [0, 0.1) is 5.82 Å². The number of H-pyrrole nitrogens is 1. The third-order valence-electron chi connectivity index (χ3n) is 6.59. The molecule has 0 spiro atoms. The van der Waals surface area contributed by atoms with Crippen molar-refractivity contribution >= 4 is 16.9 Å². The van der Waals surface area contributed by atoms with Crippen LogP contribution < -0.4 is 0 Å². The molecule has 0 bridgehead atoms. The highest BCUT2D eigenvalue weighted by molar-refractivity contribution is 6.01. The lowest BCUT2D eigenvalue weighted by molar-refractivity contribution is 0.0689. The van der Waals surface area contributed by atoms with Gasteiger partial charge in [-0.2, -0.15) is 10.2 Å². The van der Waals surface area contributed by atoms with E-state index in [9.17, 15) is 9.18 Å². The van der Waals surface area contributed by atoms with Crippen LogP contribution >= 0.6 is 0 Å². The number of carbonyl (C=O) groups excluding carboxylic acids is 1. The Morgan fingerprint density at radius 2 is 2.11 bits per heavy atom. The number of rotatable bonds is 5. The summed E-state index contributed by atoms with van der Waals surface area (Å²) in [4.78, 5) is 25.5. The van der Waals surface area contributed by atoms with E-state index in [2.05, 4.69) is 25.1 Å². The molecule has 0 saturated carbocycles. The molecule has 35 heavy (non-hydrogen) atoms. The van der Waals surface area contributed by atoms with Crippen LogP contribution in [-0.4, -0.2) is 72.1 Å². The van der Waals surface area contributed by atoms with Gasteiger partial charge in [-0.1, -0.05) is 6.07 Å². The molecule has 0 fully saturated rings. The van der Waals surface area contributed by atoms with Crippen LogP contribution in [0.15, 0.2) is 55.2 Å². The Hall–Kier alpha value is -4.05. The van der Waals surface area contributed by atoms with Crippen molar-refractivity contribution in [3.63, 3.8) is 0 Å². The maximum atomic E-state index is 14.4. The van der Waals surface area contributed by atoms with Crippen LogP contribution in [0.3, 0.4) is 0 Å². The van der Waals surface area contributed by atoms with Crippen molar-refractivity contribution in [2.45, 2.75) is 18.9 Å². The van der Waals surface area contributed by atoms with E-state index in [-0.39, 0.29) is 11.7 Å². The highest BCUT2D eigenvalue weighted by Gasteiger charge is 2.37. The number of amides is 1. The normalized spacial score (nSPS) is 15.9. The maximum absolute atomic E-state index is 14.4. The van der Waals surface area contributed by atoms with E-state index >= 15 is 0 Å². The summed E-state index contributed by atoms with van der Waals surface area (Å²) >= 11 is 0. The van der Waals surface area contributed by atoms with Gasteiger partial charge in [-0.3, -0.25) is 4.79 Å². The molecule has 9 nitrogen and oxygen atoms in total. The summed E-state index contributed by atoms with van der Waals surface area (Å²) in [6.45, 7) is 1.41. The third kappa shape index (κ3) is 3.66. The SMILES string of the molecule is CN(C)CCc1ccc2c(C(=O)N3CCc4[nH]cnc4C3c3cc4c(F)cccn4n3)cnn2c1. The molecule has 5 aromatic heterocycles. The molecule has 1 unspecified atom stereocenters. The van der Waals surface area contributed by atoms with Gasteiger partial charge >= 0.3 is 0 Å². The first-order valence-corrected chi connectivity index (χ1v) is 11.6. The summed E-state index contributed by atoms with van der Waals surface area (Å²) in [5.74, 6) is -0.521. The average molecular weight is 473 g/mol. The molecule has 10 heteroatoms. The monoisotopic (exact) mass is 472 g/mol. The molecule has 1 N–H and O–H groups in total. The Bertz CT molecular complexity index is 1550. The topological polar surface area (TPSA) is 86.8 Å². The Kier molecular flexibility index (Phi) is 5.10. The predicted octanol–water partition coefficient (Wildman–Crippen LogP) is 2.74. The number of nitrogens with one attached hydrogen (secondary N) is 1. The van der Waals surface area contributed by atoms with Crippen LogP contribution in [0.5, 0.6) is 0 Å². The first-order valence-electron chi connectivity index (χ1n) is 11.6. The summed E-state index contributed by atoms with van der Waals surface area (Å²) in [6.07, 6.45) is 8.46. The van der Waals surface area contributed by atoms with Crippen LogP contribution in [0.4, 0.5) is 4.39 Å². The smallest absolute Gasteiger partial charge is 0.258 e. The summed E-state index contributed by atoms with van der Waals surface area (Å²) < 4.78 is 17.7. The van der Waals surface area contributed by atoms with E-state index in [4.69, 9.17) is 0 Å². The largest absolute Gasteiger partial charge is 0.348 e. The van der Waals surface area contributed by atoms with Gasteiger partial charge in [-0.05, 0) is 50.3 Å². The second-order valence-corrected chi connectivity index (χ2v) is 9.15. The summed E-state index contributed by atoms with van der Waals surface area (Å²) in [5.41, 5.74) is 5.03. The van der Waals surface area contributed by atoms with Gasteiger partial charge in [0.05, 0.1) is 35.0 Å². The molecule has 1 amide bonds. The second kappa shape index (κ2) is 8.31. The second-order valence-electron chi connectivity index (χ2n) is 9.15. The Balaban J connectivity index is 1.39. The van der Waals surface area contributed by atoms with Crippen LogP contribution in [0.1, 0.15) is 39.0 Å². The number of pyridine rings is 2. The van der Waals surface area contributed by atoms with Gasteiger partial charge in [0, 0.05) is 37.6 Å². The molecule has 1 aliphatic heterocycles. The van der Waals surface area contributed by atoms with Crippen LogP contribution in [0.25, 0.3) is 11.0 Å². The van der Waals surface area contributed by atoms with E-state index < -0.39 is 6.04 Å². The number of halogens is 1. The number of hydrogen-bond acceptors (Lipinski definition) is 5. The van der Waals surface area contributed by atoms with Crippen molar-refractivity contribution in [3.8, 4) is 0 Å². The van der Waals surface area contributed by atoms with Gasteiger partial charge in [0.15, 0.2) is 0 Å². The summed E-state index contributed by atoms with van der Waals surface area (Å²) in [6, 6.07) is 8.15. The number of aromatic amines is 1. The third-order valence-corrected chi connectivity index (χ3v) is 6.59. The Morgan fingerprint density at radius 3 is 2.94 bits per heavy atom. The number of nitrogens with zero attached hydrogens (tertiary/aromatic N) is 7. The lowest BCUT2D eigenvalue weighted by atomic mass is 9.98. The van der Waals surface area contributed by atoms with Gasteiger partial charge in [0.25, 0.3) is 5.91 Å². The van der Waals surface area contributed by atoms with E-state index in [0.717, 1.165) is 35.4 Å². The summed E-state index contributed by atoms with van der Waals surface area (Å²) in [7, 11) is 4.08. The van der Waals surface area contributed by atoms with Gasteiger partial charge < -0.3 is 14.8 Å². The van der Waals surface area contributed by atoms with Crippen molar-refractivity contribution < 1.29 is 9.18 Å². The number of likely N-dealkylation sites (N-methyl/N-ethyl adjacent to an activating group) is 1. The van der Waals surface area contributed by atoms with Gasteiger partial charge in [-0.25, -0.2) is 18.4 Å². The van der Waals surface area contributed by atoms with Crippen molar-refractivity contribution in [1.82, 2.24) is 39.0 Å². The number of aromatic nitrogens is 6. The predicted molar refractivity (Wildman–Crippen MR) is 128 cm³/mol. The fourth-order valence-corrected chi connectivity index (χ4v) is 4.78. The fraction of sp³-hybridized carbons (Fsp3) is 0.280. The van der Waals surface area contributed by atoms with Crippen molar-refractivity contribution in [2.24, 2.45) is 0 Å². The minimum absolute atomic E-state index is 0.155. The molecule has 0 aromatic carbocycles. The molecular weight excluding hydrogens is 447 g/mol. The van der Waals surface area contributed by atoms with E-state index in [1.54, 1.807) is 40.3 Å². The molecule has 0 aliphatic carbocycles. The lowest BCUT2D eigenvalue weighted by Gasteiger charge is -2.33. The number of carbonyl (C=O) groups is 1. The molecule has 1 aliphatic rings. The Labute approximate surface area is 200 Å². The quantitative estimate of drug-likeness (QED) is 0.425. The zero-order chi connectivity index (χ0) is 24.1. The average Bonchev–Trinajstić information content (AvgIpc) is 3.59. The molecule has 0 saturated heterocycles. The van der Waals surface area contributed by atoms with Crippen molar-refractivity contribution in [3.05, 3.63) is 89.3 Å². The van der Waals surface area contributed by atoms with Gasteiger partial charge in [0.1, 0.15) is 17.4 Å². The summed E-state index contributed by atoms with van der Waals surface area (Å²) in [5, 5.41) is 9.07. The van der Waals surface area contributed by atoms with Crippen molar-refractivity contribution in [1.29, 1.82) is 0 Å². The lowest BCUT2D eigenvalue weighted by Crippen LogP contribution is -2.41. The molecule has 0 radical (unpaired) electrons.